The van der Waals surface area contributed by atoms with Gasteiger partial charge in [-0.15, -0.1) is 0 Å². The van der Waals surface area contributed by atoms with Gasteiger partial charge in [-0.25, -0.2) is 0 Å². The molecular weight excluding hydrogens is 280 g/mol. The number of furan rings is 1. The average molecular weight is 301 g/mol. The van der Waals surface area contributed by atoms with Crippen LogP contribution in [-0.2, 0) is 0 Å². The summed E-state index contributed by atoms with van der Waals surface area (Å²) < 4.78 is 6.44. The molecule has 1 aliphatic carbocycles. The molecule has 1 fully saturated rings. The van der Waals surface area contributed by atoms with Crippen molar-refractivity contribution < 1.29 is 4.42 Å². The zero-order chi connectivity index (χ0) is 12.4. The van der Waals surface area contributed by atoms with E-state index in [4.69, 9.17) is 10.2 Å². The van der Waals surface area contributed by atoms with Gasteiger partial charge in [-0.2, -0.15) is 0 Å². The topological polar surface area (TPSA) is 42.4 Å². The van der Waals surface area contributed by atoms with Crippen LogP contribution in [-0.4, -0.2) is 24.5 Å². The normalized spacial score (nSPS) is 26.6. The highest BCUT2D eigenvalue weighted by Crippen LogP contribution is 2.34. The Morgan fingerprint density at radius 1 is 1.53 bits per heavy atom. The molecule has 3 nitrogen and oxygen atoms in total. The van der Waals surface area contributed by atoms with Crippen molar-refractivity contribution in [3.8, 4) is 0 Å². The maximum atomic E-state index is 5.85. The highest BCUT2D eigenvalue weighted by Gasteiger charge is 2.32. The van der Waals surface area contributed by atoms with Crippen molar-refractivity contribution >= 4 is 15.9 Å². The van der Waals surface area contributed by atoms with Crippen molar-refractivity contribution in [3.63, 3.8) is 0 Å². The molecule has 0 aliphatic heterocycles. The Morgan fingerprint density at radius 3 is 2.88 bits per heavy atom. The number of hydrogen-bond donors (Lipinski definition) is 1. The lowest BCUT2D eigenvalue weighted by Gasteiger charge is -2.33. The van der Waals surface area contributed by atoms with Gasteiger partial charge in [-0.1, -0.05) is 6.42 Å². The van der Waals surface area contributed by atoms with Crippen LogP contribution in [0.15, 0.2) is 21.2 Å². The van der Waals surface area contributed by atoms with Gasteiger partial charge < -0.3 is 10.2 Å². The number of halogens is 1. The number of rotatable bonds is 4. The summed E-state index contributed by atoms with van der Waals surface area (Å²) in [4.78, 5) is 2.41. The van der Waals surface area contributed by atoms with E-state index < -0.39 is 0 Å². The van der Waals surface area contributed by atoms with Crippen LogP contribution in [0.2, 0.25) is 0 Å². The molecule has 1 saturated carbocycles. The summed E-state index contributed by atoms with van der Waals surface area (Å²) in [5.41, 5.74) is 5.85. The summed E-state index contributed by atoms with van der Waals surface area (Å²) in [5, 5.41) is 0. The van der Waals surface area contributed by atoms with E-state index in [-0.39, 0.29) is 0 Å². The average Bonchev–Trinajstić information content (AvgIpc) is 2.95. The number of nitrogens with zero attached hydrogens (tertiary/aromatic N) is 1. The van der Waals surface area contributed by atoms with Gasteiger partial charge in [0.2, 0.25) is 0 Å². The van der Waals surface area contributed by atoms with Gasteiger partial charge in [0.15, 0.2) is 4.67 Å². The third-order valence-corrected chi connectivity index (χ3v) is 4.49. The lowest BCUT2D eigenvalue weighted by molar-refractivity contribution is 0.136. The molecule has 96 valence electrons. The smallest absolute Gasteiger partial charge is 0.169 e. The quantitative estimate of drug-likeness (QED) is 0.929. The first-order chi connectivity index (χ1) is 8.13. The van der Waals surface area contributed by atoms with Gasteiger partial charge in [0, 0.05) is 6.04 Å². The van der Waals surface area contributed by atoms with E-state index in [0.29, 0.717) is 18.0 Å². The van der Waals surface area contributed by atoms with Crippen LogP contribution < -0.4 is 5.73 Å². The third-order valence-electron chi connectivity index (χ3n) is 4.06. The largest absolute Gasteiger partial charge is 0.453 e. The molecule has 0 amide bonds. The second kappa shape index (κ2) is 5.55. The molecule has 0 saturated heterocycles. The van der Waals surface area contributed by atoms with Crippen molar-refractivity contribution in [2.45, 2.75) is 38.3 Å². The van der Waals surface area contributed by atoms with E-state index in [1.807, 2.05) is 12.1 Å². The fourth-order valence-electron chi connectivity index (χ4n) is 2.87. The Kier molecular flexibility index (Phi) is 4.28. The highest BCUT2D eigenvalue weighted by atomic mass is 79.9. The number of nitrogens with two attached hydrogens (primary N) is 1. The van der Waals surface area contributed by atoms with Crippen LogP contribution in [0.5, 0.6) is 0 Å². The van der Waals surface area contributed by atoms with E-state index in [1.54, 1.807) is 0 Å². The Bertz CT molecular complexity index is 366. The van der Waals surface area contributed by atoms with E-state index in [0.717, 1.165) is 17.0 Å². The van der Waals surface area contributed by atoms with Crippen LogP contribution >= 0.6 is 15.9 Å². The van der Waals surface area contributed by atoms with Gasteiger partial charge in [0.05, 0.1) is 6.04 Å². The maximum absolute atomic E-state index is 5.85. The van der Waals surface area contributed by atoms with Crippen molar-refractivity contribution in [3.05, 3.63) is 22.6 Å². The molecule has 1 aliphatic rings. The number of hydrogen-bond acceptors (Lipinski definition) is 3. The molecule has 1 aromatic heterocycles. The molecule has 0 radical (unpaired) electrons. The molecule has 3 atom stereocenters. The summed E-state index contributed by atoms with van der Waals surface area (Å²) in [6.45, 7) is 2.99. The first kappa shape index (κ1) is 13.1. The van der Waals surface area contributed by atoms with Gasteiger partial charge in [0.25, 0.3) is 0 Å². The fraction of sp³-hybridized carbons (Fsp3) is 0.692. The molecule has 3 unspecified atom stereocenters. The summed E-state index contributed by atoms with van der Waals surface area (Å²) in [5.74, 6) is 1.66. The minimum atomic E-state index is 0.304. The summed E-state index contributed by atoms with van der Waals surface area (Å²) >= 11 is 3.35. The predicted octanol–water partition coefficient (Wildman–Crippen LogP) is 3.16. The van der Waals surface area contributed by atoms with Gasteiger partial charge >= 0.3 is 0 Å². The Balaban J connectivity index is 2.06. The van der Waals surface area contributed by atoms with Crippen LogP contribution in [0.4, 0.5) is 0 Å². The lowest BCUT2D eigenvalue weighted by Crippen LogP contribution is -2.39. The zero-order valence-electron chi connectivity index (χ0n) is 10.5. The van der Waals surface area contributed by atoms with Crippen molar-refractivity contribution in [1.82, 2.24) is 4.90 Å². The first-order valence-corrected chi connectivity index (χ1v) is 7.10. The Labute approximate surface area is 111 Å². The maximum Gasteiger partial charge on any atom is 0.169 e. The highest BCUT2D eigenvalue weighted by molar-refractivity contribution is 9.10. The zero-order valence-corrected chi connectivity index (χ0v) is 12.1. The fourth-order valence-corrected chi connectivity index (χ4v) is 3.19. The SMILES string of the molecule is CC(c1ccc(Br)o1)N(C)C1CCCC1CN. The Hall–Kier alpha value is -0.320. The standard InChI is InChI=1S/C13H21BrN2O/c1-9(12-6-7-13(14)17-12)16(2)11-5-3-4-10(11)8-15/h6-7,9-11H,3-5,8,15H2,1-2H3. The lowest BCUT2D eigenvalue weighted by atomic mass is 10.0. The van der Waals surface area contributed by atoms with Crippen molar-refractivity contribution in [1.29, 1.82) is 0 Å². The van der Waals surface area contributed by atoms with Crippen LogP contribution in [0, 0.1) is 5.92 Å². The molecule has 2 N–H and O–H groups in total. The minimum absolute atomic E-state index is 0.304. The molecule has 1 heterocycles. The molecule has 0 aromatic carbocycles. The van der Waals surface area contributed by atoms with Gasteiger partial charge in [-0.3, -0.25) is 4.90 Å². The van der Waals surface area contributed by atoms with Crippen molar-refractivity contribution in [2.75, 3.05) is 13.6 Å². The van der Waals surface area contributed by atoms with E-state index >= 15 is 0 Å². The van der Waals surface area contributed by atoms with Crippen LogP contribution in [0.25, 0.3) is 0 Å². The molecule has 0 bridgehead atoms. The summed E-state index contributed by atoms with van der Waals surface area (Å²) in [6.07, 6.45) is 3.82. The predicted molar refractivity (Wildman–Crippen MR) is 72.8 cm³/mol. The van der Waals surface area contributed by atoms with E-state index in [2.05, 4.69) is 34.8 Å². The van der Waals surface area contributed by atoms with Crippen molar-refractivity contribution in [2.24, 2.45) is 11.7 Å². The second-order valence-electron chi connectivity index (χ2n) is 4.98. The van der Waals surface area contributed by atoms with E-state index in [9.17, 15) is 0 Å². The van der Waals surface area contributed by atoms with Crippen LogP contribution in [0.1, 0.15) is 38.0 Å². The molecule has 2 rings (SSSR count). The summed E-state index contributed by atoms with van der Waals surface area (Å²) in [7, 11) is 2.18. The molecule has 4 heteroatoms. The van der Waals surface area contributed by atoms with E-state index in [1.165, 1.54) is 19.3 Å². The van der Waals surface area contributed by atoms with Gasteiger partial charge in [-0.05, 0) is 67.3 Å². The Morgan fingerprint density at radius 2 is 2.29 bits per heavy atom. The molecular formula is C13H21BrN2O. The first-order valence-electron chi connectivity index (χ1n) is 6.30. The molecule has 1 aromatic rings. The summed E-state index contributed by atoms with van der Waals surface area (Å²) in [6, 6.07) is 4.89. The monoisotopic (exact) mass is 300 g/mol. The molecule has 17 heavy (non-hydrogen) atoms. The minimum Gasteiger partial charge on any atom is -0.453 e. The van der Waals surface area contributed by atoms with Crippen LogP contribution in [0.3, 0.4) is 0 Å². The van der Waals surface area contributed by atoms with Gasteiger partial charge in [0.1, 0.15) is 5.76 Å². The molecule has 0 spiro atoms. The third kappa shape index (κ3) is 2.75. The second-order valence-corrected chi connectivity index (χ2v) is 5.76.